The molecule has 1 saturated carbocycles. The number of esters is 1. The van der Waals surface area contributed by atoms with Gasteiger partial charge in [0.15, 0.2) is 0 Å². The molecule has 0 radical (unpaired) electrons. The normalized spacial score (nSPS) is 14.9. The molecule has 2 aromatic carbocycles. The molecule has 5 nitrogen and oxygen atoms in total. The first-order valence-corrected chi connectivity index (χ1v) is 9.71. The van der Waals surface area contributed by atoms with Crippen LogP contribution < -0.4 is 5.32 Å². The van der Waals surface area contributed by atoms with Crippen LogP contribution >= 0.6 is 0 Å². The maximum Gasteiger partial charge on any atom is 0.320 e. The van der Waals surface area contributed by atoms with E-state index >= 15 is 0 Å². The van der Waals surface area contributed by atoms with Gasteiger partial charge in [0, 0.05) is 6.54 Å². The zero-order valence-corrected chi connectivity index (χ0v) is 16.1. The van der Waals surface area contributed by atoms with Gasteiger partial charge in [-0.3, -0.25) is 14.5 Å². The summed E-state index contributed by atoms with van der Waals surface area (Å²) in [5, 5.41) is 5.40. The van der Waals surface area contributed by atoms with Gasteiger partial charge in [0.2, 0.25) is 5.91 Å². The molecule has 0 heterocycles. The Labute approximate surface area is 160 Å². The third kappa shape index (κ3) is 5.79. The number of ether oxygens (including phenoxy) is 1. The number of hydrogen-bond acceptors (Lipinski definition) is 4. The molecule has 1 atom stereocenters. The second-order valence-corrected chi connectivity index (χ2v) is 7.31. The first-order valence-electron chi connectivity index (χ1n) is 9.71. The van der Waals surface area contributed by atoms with Crippen LogP contribution in [0, 0.1) is 5.92 Å². The molecular weight excluding hydrogens is 340 g/mol. The van der Waals surface area contributed by atoms with Gasteiger partial charge in [-0.1, -0.05) is 36.4 Å². The lowest BCUT2D eigenvalue weighted by molar-refractivity contribution is -0.144. The molecule has 2 aromatic rings. The maximum absolute atomic E-state index is 12.5. The average Bonchev–Trinajstić information content (AvgIpc) is 3.45. The van der Waals surface area contributed by atoms with E-state index < -0.39 is 0 Å². The zero-order valence-electron chi connectivity index (χ0n) is 16.1. The van der Waals surface area contributed by atoms with E-state index in [9.17, 15) is 9.59 Å². The number of rotatable bonds is 9. The molecule has 3 rings (SSSR count). The van der Waals surface area contributed by atoms with Crippen LogP contribution in [0.4, 0.5) is 0 Å². The number of nitrogens with zero attached hydrogens (tertiary/aromatic N) is 1. The van der Waals surface area contributed by atoms with Gasteiger partial charge in [-0.05, 0) is 55.0 Å². The minimum absolute atomic E-state index is 0.0689. The van der Waals surface area contributed by atoms with Crippen molar-refractivity contribution in [3.05, 3.63) is 48.0 Å². The molecule has 1 amide bonds. The molecule has 144 valence electrons. The van der Waals surface area contributed by atoms with Crippen LogP contribution in [0.15, 0.2) is 42.5 Å². The second-order valence-electron chi connectivity index (χ2n) is 7.31. The number of carbonyl (C=O) groups excluding carboxylic acids is 2. The first-order chi connectivity index (χ1) is 13.0. The van der Waals surface area contributed by atoms with E-state index in [4.69, 9.17) is 4.74 Å². The smallest absolute Gasteiger partial charge is 0.320 e. The van der Waals surface area contributed by atoms with Gasteiger partial charge in [0.1, 0.15) is 0 Å². The monoisotopic (exact) mass is 368 g/mol. The Hall–Kier alpha value is -2.40. The summed E-state index contributed by atoms with van der Waals surface area (Å²) in [6.07, 6.45) is 2.35. The number of carbonyl (C=O) groups is 2. The Morgan fingerprint density at radius 3 is 2.59 bits per heavy atom. The summed E-state index contributed by atoms with van der Waals surface area (Å²) in [7, 11) is 0. The van der Waals surface area contributed by atoms with Crippen LogP contribution in [-0.4, -0.2) is 43.0 Å². The lowest BCUT2D eigenvalue weighted by atomic mass is 10.0. The van der Waals surface area contributed by atoms with Gasteiger partial charge in [0.05, 0.1) is 25.7 Å². The second kappa shape index (κ2) is 9.00. The summed E-state index contributed by atoms with van der Waals surface area (Å²) >= 11 is 0. The average molecular weight is 368 g/mol. The molecule has 0 aliphatic heterocycles. The quantitative estimate of drug-likeness (QED) is 0.690. The van der Waals surface area contributed by atoms with Crippen molar-refractivity contribution in [2.45, 2.75) is 32.7 Å². The molecule has 1 aliphatic carbocycles. The van der Waals surface area contributed by atoms with Crippen LogP contribution in [0.1, 0.15) is 38.3 Å². The predicted molar refractivity (Wildman–Crippen MR) is 106 cm³/mol. The van der Waals surface area contributed by atoms with Gasteiger partial charge in [-0.25, -0.2) is 0 Å². The van der Waals surface area contributed by atoms with Crippen LogP contribution in [-0.2, 0) is 14.3 Å². The van der Waals surface area contributed by atoms with Crippen molar-refractivity contribution in [1.82, 2.24) is 10.2 Å². The molecule has 0 aromatic heterocycles. The van der Waals surface area contributed by atoms with Crippen molar-refractivity contribution >= 4 is 22.6 Å². The van der Waals surface area contributed by atoms with Gasteiger partial charge in [-0.15, -0.1) is 0 Å². The SMILES string of the molecule is CCOC(=O)CN(CC(=O)NC(C)c1ccc2ccccc2c1)CC1CC1. The maximum atomic E-state index is 12.5. The zero-order chi connectivity index (χ0) is 19.2. The Balaban J connectivity index is 1.58. The summed E-state index contributed by atoms with van der Waals surface area (Å²) in [6.45, 7) is 5.30. The number of nitrogens with one attached hydrogen (secondary N) is 1. The lowest BCUT2D eigenvalue weighted by Crippen LogP contribution is -2.41. The Kier molecular flexibility index (Phi) is 6.45. The third-order valence-electron chi connectivity index (χ3n) is 4.89. The van der Waals surface area contributed by atoms with E-state index in [-0.39, 0.29) is 31.0 Å². The fourth-order valence-electron chi connectivity index (χ4n) is 3.29. The predicted octanol–water partition coefficient (Wildman–Crippen LogP) is 3.29. The van der Waals surface area contributed by atoms with Crippen LogP contribution in [0.5, 0.6) is 0 Å². The summed E-state index contributed by atoms with van der Waals surface area (Å²) in [6, 6.07) is 14.3. The highest BCUT2D eigenvalue weighted by Crippen LogP contribution is 2.29. The molecule has 1 aliphatic rings. The largest absolute Gasteiger partial charge is 0.465 e. The van der Waals surface area contributed by atoms with E-state index in [1.165, 1.54) is 18.2 Å². The molecule has 5 heteroatoms. The van der Waals surface area contributed by atoms with E-state index in [1.807, 2.05) is 30.0 Å². The summed E-state index contributed by atoms with van der Waals surface area (Å²) < 4.78 is 5.03. The van der Waals surface area contributed by atoms with E-state index in [0.29, 0.717) is 12.5 Å². The fourth-order valence-corrected chi connectivity index (χ4v) is 3.29. The van der Waals surface area contributed by atoms with Crippen molar-refractivity contribution in [2.24, 2.45) is 5.92 Å². The Morgan fingerprint density at radius 1 is 1.15 bits per heavy atom. The Morgan fingerprint density at radius 2 is 1.89 bits per heavy atom. The van der Waals surface area contributed by atoms with Gasteiger partial charge < -0.3 is 10.1 Å². The number of amides is 1. The molecule has 1 fully saturated rings. The topological polar surface area (TPSA) is 58.6 Å². The highest BCUT2D eigenvalue weighted by atomic mass is 16.5. The van der Waals surface area contributed by atoms with Crippen molar-refractivity contribution in [3.63, 3.8) is 0 Å². The fraction of sp³-hybridized carbons (Fsp3) is 0.455. The van der Waals surface area contributed by atoms with Crippen molar-refractivity contribution < 1.29 is 14.3 Å². The number of hydrogen-bond donors (Lipinski definition) is 1. The van der Waals surface area contributed by atoms with E-state index in [0.717, 1.165) is 17.5 Å². The molecule has 1 unspecified atom stereocenters. The van der Waals surface area contributed by atoms with Crippen LogP contribution in [0.3, 0.4) is 0 Å². The standard InChI is InChI=1S/C22H28N2O3/c1-3-27-22(26)15-24(13-17-8-9-17)14-21(25)23-16(2)19-11-10-18-6-4-5-7-20(18)12-19/h4-7,10-12,16-17H,3,8-9,13-15H2,1-2H3,(H,23,25). The first kappa shape index (κ1) is 19.4. The highest BCUT2D eigenvalue weighted by molar-refractivity contribution is 5.84. The van der Waals surface area contributed by atoms with Gasteiger partial charge >= 0.3 is 5.97 Å². The lowest BCUT2D eigenvalue weighted by Gasteiger charge is -2.22. The number of benzene rings is 2. The molecule has 0 bridgehead atoms. The van der Waals surface area contributed by atoms with Crippen molar-refractivity contribution in [1.29, 1.82) is 0 Å². The summed E-state index contributed by atoms with van der Waals surface area (Å²) in [4.78, 5) is 26.2. The number of fused-ring (bicyclic) bond motifs is 1. The van der Waals surface area contributed by atoms with Gasteiger partial charge in [0.25, 0.3) is 0 Å². The molecule has 1 N–H and O–H groups in total. The molecule has 27 heavy (non-hydrogen) atoms. The third-order valence-corrected chi connectivity index (χ3v) is 4.89. The molecule has 0 spiro atoms. The van der Waals surface area contributed by atoms with Crippen LogP contribution in [0.25, 0.3) is 10.8 Å². The van der Waals surface area contributed by atoms with Crippen molar-refractivity contribution in [3.8, 4) is 0 Å². The van der Waals surface area contributed by atoms with Gasteiger partial charge in [-0.2, -0.15) is 0 Å². The summed E-state index contributed by atoms with van der Waals surface area (Å²) in [5.41, 5.74) is 1.07. The summed E-state index contributed by atoms with van der Waals surface area (Å²) in [5.74, 6) is 0.263. The van der Waals surface area contributed by atoms with Crippen molar-refractivity contribution in [2.75, 3.05) is 26.2 Å². The van der Waals surface area contributed by atoms with Crippen LogP contribution in [0.2, 0.25) is 0 Å². The minimum atomic E-state index is -0.270. The molecule has 0 saturated heterocycles. The minimum Gasteiger partial charge on any atom is -0.465 e. The van der Waals surface area contributed by atoms with E-state index in [1.54, 1.807) is 6.92 Å². The molecular formula is C22H28N2O3. The highest BCUT2D eigenvalue weighted by Gasteiger charge is 2.27. The Bertz CT molecular complexity index is 801. The van der Waals surface area contributed by atoms with E-state index in [2.05, 4.69) is 29.6 Å².